The zero-order valence-corrected chi connectivity index (χ0v) is 21.8. The number of aliphatic carboxylic acids is 3. The highest BCUT2D eigenvalue weighted by molar-refractivity contribution is 5.88. The van der Waals surface area contributed by atoms with Crippen LogP contribution in [0, 0.1) is 12.8 Å². The lowest BCUT2D eigenvalue weighted by molar-refractivity contribution is -0.170. The van der Waals surface area contributed by atoms with E-state index in [0.29, 0.717) is 18.6 Å². The van der Waals surface area contributed by atoms with Crippen molar-refractivity contribution in [1.29, 1.82) is 0 Å². The number of aromatic nitrogens is 1. The van der Waals surface area contributed by atoms with Crippen molar-refractivity contribution in [3.63, 3.8) is 0 Å². The summed E-state index contributed by atoms with van der Waals surface area (Å²) in [5, 5.41) is 41.5. The van der Waals surface area contributed by atoms with E-state index in [2.05, 4.69) is 10.5 Å². The molecule has 0 radical (unpaired) electrons. The van der Waals surface area contributed by atoms with Crippen LogP contribution in [-0.4, -0.2) is 68.5 Å². The number of carbonyl (C=O) groups is 3. The Kier molecular flexibility index (Phi) is 10.1. The van der Waals surface area contributed by atoms with Gasteiger partial charge >= 0.3 is 17.9 Å². The van der Waals surface area contributed by atoms with Gasteiger partial charge < -0.3 is 44.5 Å². The fourth-order valence-electron chi connectivity index (χ4n) is 4.67. The van der Waals surface area contributed by atoms with Crippen LogP contribution in [-0.2, 0) is 27.3 Å². The third kappa shape index (κ3) is 8.32. The Morgan fingerprint density at radius 1 is 1.08 bits per heavy atom. The van der Waals surface area contributed by atoms with Gasteiger partial charge in [-0.25, -0.2) is 4.79 Å². The standard InChI is InChI=1S/C20H26N2O4.C6H8O7/c1-3-23-18-10-20-19(24-12-25-20)9-15(18)11-21-17-6-4-5-14(17)8-16-7-13(2)22-26-16;7-3(8)1-6(13,5(11)12)2-4(9)10/h7,9-10,14,17,21H,3-6,8,11-12H2,1-2H3;13H,1-2H2,(H,7,8)(H,9,10)(H,11,12)/t14-,17+;/m0./s1. The first kappa shape index (κ1) is 29.7. The second-order valence-electron chi connectivity index (χ2n) is 9.54. The monoisotopic (exact) mass is 550 g/mol. The molecule has 13 nitrogen and oxygen atoms in total. The van der Waals surface area contributed by atoms with Gasteiger partial charge in [-0.15, -0.1) is 0 Å². The second kappa shape index (κ2) is 13.3. The molecule has 1 saturated carbocycles. The molecule has 4 rings (SSSR count). The van der Waals surface area contributed by atoms with Gasteiger partial charge in [0.05, 0.1) is 25.1 Å². The highest BCUT2D eigenvalue weighted by Crippen LogP contribution is 2.38. The van der Waals surface area contributed by atoms with Crippen LogP contribution in [0.5, 0.6) is 17.2 Å². The average Bonchev–Trinajstić information content (AvgIpc) is 3.58. The summed E-state index contributed by atoms with van der Waals surface area (Å²) in [7, 11) is 0. The van der Waals surface area contributed by atoms with E-state index in [1.54, 1.807) is 0 Å². The highest BCUT2D eigenvalue weighted by Gasteiger charge is 2.40. The number of hydrogen-bond acceptors (Lipinski definition) is 10. The average molecular weight is 551 g/mol. The number of benzene rings is 1. The van der Waals surface area contributed by atoms with Crippen LogP contribution < -0.4 is 19.5 Å². The maximum atomic E-state index is 10.3. The molecule has 0 unspecified atom stereocenters. The lowest BCUT2D eigenvalue weighted by Crippen LogP contribution is -2.42. The zero-order chi connectivity index (χ0) is 28.6. The summed E-state index contributed by atoms with van der Waals surface area (Å²) >= 11 is 0. The Morgan fingerprint density at radius 3 is 2.31 bits per heavy atom. The van der Waals surface area contributed by atoms with Crippen LogP contribution in [0.2, 0.25) is 0 Å². The molecule has 0 bridgehead atoms. The topological polar surface area (TPSA) is 198 Å². The minimum absolute atomic E-state index is 0.277. The summed E-state index contributed by atoms with van der Waals surface area (Å²) in [4.78, 5) is 30.5. The molecule has 39 heavy (non-hydrogen) atoms. The minimum atomic E-state index is -2.74. The number of ether oxygens (including phenoxy) is 3. The van der Waals surface area contributed by atoms with Crippen molar-refractivity contribution < 1.29 is 53.5 Å². The summed E-state index contributed by atoms with van der Waals surface area (Å²) in [5.74, 6) is -1.03. The molecule has 1 aromatic heterocycles. The van der Waals surface area contributed by atoms with Gasteiger partial charge in [-0.2, -0.15) is 0 Å². The Labute approximate surface area is 224 Å². The molecule has 0 spiro atoms. The highest BCUT2D eigenvalue weighted by atomic mass is 16.7. The Morgan fingerprint density at radius 2 is 1.74 bits per heavy atom. The van der Waals surface area contributed by atoms with E-state index >= 15 is 0 Å². The van der Waals surface area contributed by atoms with Crippen LogP contribution in [0.3, 0.4) is 0 Å². The number of aliphatic hydroxyl groups is 1. The number of nitrogens with zero attached hydrogens (tertiary/aromatic N) is 1. The van der Waals surface area contributed by atoms with Crippen LogP contribution in [0.25, 0.3) is 0 Å². The van der Waals surface area contributed by atoms with Gasteiger partial charge in [0.2, 0.25) is 6.79 Å². The number of aryl methyl sites for hydroxylation is 1. The largest absolute Gasteiger partial charge is 0.493 e. The Hall–Kier alpha value is -3.84. The number of rotatable bonds is 12. The van der Waals surface area contributed by atoms with Crippen molar-refractivity contribution in [3.8, 4) is 17.2 Å². The maximum absolute atomic E-state index is 10.3. The quantitative estimate of drug-likeness (QED) is 0.258. The van der Waals surface area contributed by atoms with E-state index in [0.717, 1.165) is 47.2 Å². The minimum Gasteiger partial charge on any atom is -0.493 e. The predicted octanol–water partition coefficient (Wildman–Crippen LogP) is 2.36. The molecule has 1 fully saturated rings. The number of carboxylic acids is 3. The number of nitrogens with one attached hydrogen (secondary N) is 1. The van der Waals surface area contributed by atoms with Crippen molar-refractivity contribution in [3.05, 3.63) is 35.2 Å². The third-order valence-electron chi connectivity index (χ3n) is 6.49. The van der Waals surface area contributed by atoms with Crippen molar-refractivity contribution >= 4 is 17.9 Å². The van der Waals surface area contributed by atoms with E-state index in [-0.39, 0.29) is 6.79 Å². The molecule has 214 valence electrons. The summed E-state index contributed by atoms with van der Waals surface area (Å²) in [6.07, 6.45) is 2.30. The fourth-order valence-corrected chi connectivity index (χ4v) is 4.67. The second-order valence-corrected chi connectivity index (χ2v) is 9.54. The molecule has 2 atom stereocenters. The van der Waals surface area contributed by atoms with Crippen molar-refractivity contribution in [1.82, 2.24) is 10.5 Å². The molecule has 2 heterocycles. The Bertz CT molecular complexity index is 1150. The van der Waals surface area contributed by atoms with Gasteiger partial charge in [-0.05, 0) is 38.7 Å². The molecule has 13 heteroatoms. The van der Waals surface area contributed by atoms with Crippen LogP contribution >= 0.6 is 0 Å². The molecule has 1 aliphatic heterocycles. The molecule has 5 N–H and O–H groups in total. The van der Waals surface area contributed by atoms with E-state index in [4.69, 9.17) is 39.2 Å². The van der Waals surface area contributed by atoms with Gasteiger partial charge in [0.1, 0.15) is 11.5 Å². The first-order valence-electron chi connectivity index (χ1n) is 12.6. The maximum Gasteiger partial charge on any atom is 0.336 e. The first-order chi connectivity index (χ1) is 18.5. The summed E-state index contributed by atoms with van der Waals surface area (Å²) in [6, 6.07) is 6.48. The molecular formula is C26H34N2O11. The van der Waals surface area contributed by atoms with E-state index in [1.807, 2.05) is 32.0 Å². The van der Waals surface area contributed by atoms with Gasteiger partial charge in [-0.3, -0.25) is 9.59 Å². The fraction of sp³-hybridized carbons (Fsp3) is 0.538. The van der Waals surface area contributed by atoms with E-state index in [1.165, 1.54) is 19.3 Å². The molecule has 0 amide bonds. The normalized spacial score (nSPS) is 17.8. The SMILES string of the molecule is CCOc1cc2c(cc1CN[C@@H]1CCC[C@H]1Cc1cc(C)no1)OCO2.O=C(O)CC(O)(CC(=O)O)C(=O)O. The predicted molar refractivity (Wildman–Crippen MR) is 134 cm³/mol. The van der Waals surface area contributed by atoms with Crippen LogP contribution in [0.4, 0.5) is 0 Å². The van der Waals surface area contributed by atoms with Gasteiger partial charge in [0, 0.05) is 36.7 Å². The van der Waals surface area contributed by atoms with E-state index < -0.39 is 36.4 Å². The van der Waals surface area contributed by atoms with Crippen molar-refractivity contribution in [2.45, 2.75) is 70.6 Å². The van der Waals surface area contributed by atoms with Gasteiger partial charge in [0.25, 0.3) is 0 Å². The molecule has 1 aromatic carbocycles. The lowest BCUT2D eigenvalue weighted by atomic mass is 9.96. The van der Waals surface area contributed by atoms with Crippen molar-refractivity contribution in [2.75, 3.05) is 13.4 Å². The number of fused-ring (bicyclic) bond motifs is 1. The van der Waals surface area contributed by atoms with Crippen LogP contribution in [0.15, 0.2) is 22.7 Å². The number of carboxylic acid groups (broad SMARTS) is 3. The Balaban J connectivity index is 0.000000276. The van der Waals surface area contributed by atoms with Gasteiger partial charge in [0.15, 0.2) is 17.1 Å². The lowest BCUT2D eigenvalue weighted by Gasteiger charge is -2.21. The molecular weight excluding hydrogens is 516 g/mol. The molecule has 0 saturated heterocycles. The zero-order valence-electron chi connectivity index (χ0n) is 21.8. The van der Waals surface area contributed by atoms with Crippen molar-refractivity contribution in [2.24, 2.45) is 5.92 Å². The third-order valence-corrected chi connectivity index (χ3v) is 6.49. The molecule has 1 aliphatic carbocycles. The summed E-state index contributed by atoms with van der Waals surface area (Å²) in [5.41, 5.74) is -0.681. The number of hydrogen-bond donors (Lipinski definition) is 5. The molecule has 2 aromatic rings. The van der Waals surface area contributed by atoms with Crippen LogP contribution in [0.1, 0.15) is 56.0 Å². The summed E-state index contributed by atoms with van der Waals surface area (Å²) < 4.78 is 22.2. The molecule has 2 aliphatic rings. The smallest absolute Gasteiger partial charge is 0.336 e. The first-order valence-corrected chi connectivity index (χ1v) is 12.6. The van der Waals surface area contributed by atoms with Gasteiger partial charge in [-0.1, -0.05) is 11.6 Å². The van der Waals surface area contributed by atoms with E-state index in [9.17, 15) is 14.4 Å². The summed E-state index contributed by atoms with van der Waals surface area (Å²) in [6.45, 7) is 5.62.